The zero-order valence-corrected chi connectivity index (χ0v) is 10.5. The Hall–Kier alpha value is -1.09. The summed E-state index contributed by atoms with van der Waals surface area (Å²) in [4.78, 5) is 2.22. The summed E-state index contributed by atoms with van der Waals surface area (Å²) < 4.78 is 14.0. The van der Waals surface area contributed by atoms with Crippen molar-refractivity contribution in [2.45, 2.75) is 45.2 Å². The van der Waals surface area contributed by atoms with Gasteiger partial charge in [-0.05, 0) is 37.0 Å². The van der Waals surface area contributed by atoms with Crippen LogP contribution >= 0.6 is 0 Å². The van der Waals surface area contributed by atoms with Crippen molar-refractivity contribution in [2.24, 2.45) is 5.73 Å². The van der Waals surface area contributed by atoms with E-state index >= 15 is 0 Å². The maximum Gasteiger partial charge on any atom is 0.146 e. The summed E-state index contributed by atoms with van der Waals surface area (Å²) in [6, 6.07) is 5.93. The third-order valence-electron chi connectivity index (χ3n) is 3.30. The summed E-state index contributed by atoms with van der Waals surface area (Å²) in [6.45, 7) is 3.52. The van der Waals surface area contributed by atoms with Gasteiger partial charge in [0.05, 0.1) is 5.69 Å². The highest BCUT2D eigenvalue weighted by molar-refractivity contribution is 5.51. The lowest BCUT2D eigenvalue weighted by molar-refractivity contribution is 0.608. The van der Waals surface area contributed by atoms with Gasteiger partial charge in [-0.3, -0.25) is 0 Å². The number of rotatable bonds is 6. The fraction of sp³-hybridized carbons (Fsp3) is 0.571. The van der Waals surface area contributed by atoms with Crippen molar-refractivity contribution in [1.82, 2.24) is 0 Å². The molecular formula is C14H21FN2. The van der Waals surface area contributed by atoms with E-state index in [0.717, 1.165) is 30.6 Å². The first-order valence-corrected chi connectivity index (χ1v) is 6.51. The van der Waals surface area contributed by atoms with Crippen molar-refractivity contribution in [3.63, 3.8) is 0 Å². The van der Waals surface area contributed by atoms with Crippen molar-refractivity contribution in [1.29, 1.82) is 0 Å². The topological polar surface area (TPSA) is 29.3 Å². The lowest BCUT2D eigenvalue weighted by atomic mass is 10.1. The maximum atomic E-state index is 14.0. The van der Waals surface area contributed by atoms with Crippen LogP contribution in [0.25, 0.3) is 0 Å². The largest absolute Gasteiger partial charge is 0.366 e. The van der Waals surface area contributed by atoms with Crippen LogP contribution in [0.4, 0.5) is 10.1 Å². The van der Waals surface area contributed by atoms with E-state index in [9.17, 15) is 4.39 Å². The zero-order valence-electron chi connectivity index (χ0n) is 10.5. The van der Waals surface area contributed by atoms with E-state index in [4.69, 9.17) is 5.73 Å². The molecule has 1 aliphatic rings. The second-order valence-corrected chi connectivity index (χ2v) is 4.77. The van der Waals surface area contributed by atoms with Gasteiger partial charge >= 0.3 is 0 Å². The van der Waals surface area contributed by atoms with E-state index in [-0.39, 0.29) is 5.82 Å². The van der Waals surface area contributed by atoms with Gasteiger partial charge in [-0.2, -0.15) is 0 Å². The molecule has 94 valence electrons. The number of benzene rings is 1. The molecule has 1 aromatic rings. The summed E-state index contributed by atoms with van der Waals surface area (Å²) in [5, 5.41) is 0. The minimum atomic E-state index is -0.129. The van der Waals surface area contributed by atoms with Gasteiger partial charge in [-0.1, -0.05) is 19.4 Å². The third kappa shape index (κ3) is 2.97. The van der Waals surface area contributed by atoms with Crippen LogP contribution in [-0.2, 0) is 6.54 Å². The van der Waals surface area contributed by atoms with Crippen molar-refractivity contribution >= 4 is 5.69 Å². The number of hydrogen-bond donors (Lipinski definition) is 1. The smallest absolute Gasteiger partial charge is 0.146 e. The van der Waals surface area contributed by atoms with Gasteiger partial charge in [0.2, 0.25) is 0 Å². The Morgan fingerprint density at radius 3 is 2.71 bits per heavy atom. The lowest BCUT2D eigenvalue weighted by Crippen LogP contribution is -2.27. The molecule has 0 radical (unpaired) electrons. The Morgan fingerprint density at radius 2 is 2.18 bits per heavy atom. The van der Waals surface area contributed by atoms with Gasteiger partial charge in [-0.15, -0.1) is 0 Å². The van der Waals surface area contributed by atoms with E-state index in [1.165, 1.54) is 12.8 Å². The average molecular weight is 236 g/mol. The Labute approximate surface area is 103 Å². The molecule has 1 saturated carbocycles. The molecule has 0 heterocycles. The van der Waals surface area contributed by atoms with Crippen LogP contribution in [0.5, 0.6) is 0 Å². The van der Waals surface area contributed by atoms with Crippen LogP contribution < -0.4 is 10.6 Å². The molecule has 0 amide bonds. The number of nitrogens with zero attached hydrogens (tertiary/aromatic N) is 1. The number of hydrogen-bond acceptors (Lipinski definition) is 2. The average Bonchev–Trinajstić information content (AvgIpc) is 3.15. The van der Waals surface area contributed by atoms with Gasteiger partial charge in [0.25, 0.3) is 0 Å². The highest BCUT2D eigenvalue weighted by Crippen LogP contribution is 2.33. The first-order valence-electron chi connectivity index (χ1n) is 6.51. The molecule has 1 aliphatic carbocycles. The molecule has 2 rings (SSSR count). The Bertz CT molecular complexity index is 374. The van der Waals surface area contributed by atoms with Crippen LogP contribution in [-0.4, -0.2) is 12.6 Å². The van der Waals surface area contributed by atoms with Gasteiger partial charge in [0.15, 0.2) is 0 Å². The quantitative estimate of drug-likeness (QED) is 0.822. The van der Waals surface area contributed by atoms with Crippen molar-refractivity contribution in [2.75, 3.05) is 11.4 Å². The van der Waals surface area contributed by atoms with Crippen LogP contribution in [0, 0.1) is 5.82 Å². The molecule has 0 aliphatic heterocycles. The molecule has 2 nitrogen and oxygen atoms in total. The van der Waals surface area contributed by atoms with Crippen molar-refractivity contribution in [3.8, 4) is 0 Å². The van der Waals surface area contributed by atoms with E-state index in [1.54, 1.807) is 6.07 Å². The minimum Gasteiger partial charge on any atom is -0.366 e. The standard InChI is InChI=1S/C14H21FN2/c1-2-3-8-17(12-5-6-12)14-7-4-11(10-16)9-13(14)15/h4,7,9,12H,2-3,5-6,8,10,16H2,1H3. The van der Waals surface area contributed by atoms with Crippen LogP contribution in [0.3, 0.4) is 0 Å². The Morgan fingerprint density at radius 1 is 1.41 bits per heavy atom. The molecule has 1 fully saturated rings. The SMILES string of the molecule is CCCCN(c1ccc(CN)cc1F)C1CC1. The highest BCUT2D eigenvalue weighted by Gasteiger charge is 2.30. The van der Waals surface area contributed by atoms with Crippen LogP contribution in [0.1, 0.15) is 38.2 Å². The normalized spacial score (nSPS) is 15.0. The zero-order chi connectivity index (χ0) is 12.3. The first kappa shape index (κ1) is 12.4. The summed E-state index contributed by atoms with van der Waals surface area (Å²) in [5.74, 6) is -0.129. The number of halogens is 1. The lowest BCUT2D eigenvalue weighted by Gasteiger charge is -2.25. The molecule has 0 spiro atoms. The monoisotopic (exact) mass is 236 g/mol. The van der Waals surface area contributed by atoms with E-state index < -0.39 is 0 Å². The fourth-order valence-corrected chi connectivity index (χ4v) is 2.12. The van der Waals surface area contributed by atoms with Crippen LogP contribution in [0.15, 0.2) is 18.2 Å². The molecule has 3 heteroatoms. The van der Waals surface area contributed by atoms with Gasteiger partial charge in [-0.25, -0.2) is 4.39 Å². The van der Waals surface area contributed by atoms with Gasteiger partial charge < -0.3 is 10.6 Å². The maximum absolute atomic E-state index is 14.0. The molecule has 0 bridgehead atoms. The molecule has 17 heavy (non-hydrogen) atoms. The number of unbranched alkanes of at least 4 members (excludes halogenated alkanes) is 1. The summed E-state index contributed by atoms with van der Waals surface area (Å²) in [6.07, 6.45) is 4.66. The second-order valence-electron chi connectivity index (χ2n) is 4.77. The van der Waals surface area contributed by atoms with E-state index in [2.05, 4.69) is 11.8 Å². The predicted molar refractivity (Wildman–Crippen MR) is 69.6 cm³/mol. The molecule has 1 aromatic carbocycles. The fourth-order valence-electron chi connectivity index (χ4n) is 2.12. The van der Waals surface area contributed by atoms with Crippen LogP contribution in [0.2, 0.25) is 0 Å². The number of anilines is 1. The van der Waals surface area contributed by atoms with E-state index in [1.807, 2.05) is 12.1 Å². The summed E-state index contributed by atoms with van der Waals surface area (Å²) >= 11 is 0. The van der Waals surface area contributed by atoms with Crippen molar-refractivity contribution in [3.05, 3.63) is 29.6 Å². The molecular weight excluding hydrogens is 215 g/mol. The summed E-state index contributed by atoms with van der Waals surface area (Å²) in [7, 11) is 0. The molecule has 0 aromatic heterocycles. The predicted octanol–water partition coefficient (Wildman–Crippen LogP) is 3.05. The second kappa shape index (κ2) is 5.50. The highest BCUT2D eigenvalue weighted by atomic mass is 19.1. The Balaban J connectivity index is 2.16. The molecule has 0 atom stereocenters. The van der Waals surface area contributed by atoms with Crippen molar-refractivity contribution < 1.29 is 4.39 Å². The third-order valence-corrected chi connectivity index (χ3v) is 3.30. The molecule has 0 unspecified atom stereocenters. The summed E-state index contributed by atoms with van der Waals surface area (Å²) in [5.41, 5.74) is 7.12. The Kier molecular flexibility index (Phi) is 4.00. The van der Waals surface area contributed by atoms with Gasteiger partial charge in [0, 0.05) is 19.1 Å². The molecule has 0 saturated heterocycles. The van der Waals surface area contributed by atoms with Gasteiger partial charge in [0.1, 0.15) is 5.82 Å². The minimum absolute atomic E-state index is 0.129. The number of nitrogens with two attached hydrogens (primary N) is 1. The first-order chi connectivity index (χ1) is 8.26. The van der Waals surface area contributed by atoms with E-state index in [0.29, 0.717) is 12.6 Å². The molecule has 2 N–H and O–H groups in total.